The lowest BCUT2D eigenvalue weighted by atomic mass is 10.1. The van der Waals surface area contributed by atoms with Crippen LogP contribution in [-0.2, 0) is 6.42 Å². The molecule has 1 atom stereocenters. The van der Waals surface area contributed by atoms with E-state index in [0.29, 0.717) is 0 Å². The summed E-state index contributed by atoms with van der Waals surface area (Å²) >= 11 is 0. The van der Waals surface area contributed by atoms with E-state index < -0.39 is 0 Å². The second-order valence-electron chi connectivity index (χ2n) is 5.13. The zero-order chi connectivity index (χ0) is 16.1. The number of aromatic nitrogens is 2. The largest absolute Gasteiger partial charge is 0.493 e. The summed E-state index contributed by atoms with van der Waals surface area (Å²) in [5.74, 6) is 3.07. The van der Waals surface area contributed by atoms with E-state index >= 15 is 0 Å². The van der Waals surface area contributed by atoms with Gasteiger partial charge in [0.2, 0.25) is 0 Å². The molecule has 1 aromatic carbocycles. The van der Waals surface area contributed by atoms with Crippen molar-refractivity contribution in [3.63, 3.8) is 0 Å². The highest BCUT2D eigenvalue weighted by atomic mass is 16.5. The summed E-state index contributed by atoms with van der Waals surface area (Å²) < 4.78 is 10.6. The first-order valence-electron chi connectivity index (χ1n) is 7.40. The van der Waals surface area contributed by atoms with Crippen molar-refractivity contribution < 1.29 is 9.47 Å². The van der Waals surface area contributed by atoms with Gasteiger partial charge >= 0.3 is 0 Å². The zero-order valence-corrected chi connectivity index (χ0v) is 13.8. The van der Waals surface area contributed by atoms with Crippen LogP contribution >= 0.6 is 0 Å². The number of aryl methyl sites for hydroxylation is 2. The zero-order valence-electron chi connectivity index (χ0n) is 13.8. The van der Waals surface area contributed by atoms with Crippen molar-refractivity contribution in [2.24, 2.45) is 0 Å². The van der Waals surface area contributed by atoms with Crippen LogP contribution in [0.2, 0.25) is 0 Å². The molecular weight excluding hydrogens is 278 g/mol. The lowest BCUT2D eigenvalue weighted by Gasteiger charge is -2.17. The highest BCUT2D eigenvalue weighted by Crippen LogP contribution is 2.30. The van der Waals surface area contributed by atoms with Crippen molar-refractivity contribution >= 4 is 5.82 Å². The van der Waals surface area contributed by atoms with Crippen molar-refractivity contribution in [1.82, 2.24) is 9.97 Å². The molecule has 2 rings (SSSR count). The van der Waals surface area contributed by atoms with Crippen molar-refractivity contribution in [3.8, 4) is 11.5 Å². The minimum Gasteiger partial charge on any atom is -0.493 e. The Hall–Kier alpha value is -2.30. The number of nitrogens with one attached hydrogen (secondary N) is 1. The Morgan fingerprint density at radius 3 is 2.45 bits per heavy atom. The minimum absolute atomic E-state index is 0.0961. The molecule has 118 valence electrons. The van der Waals surface area contributed by atoms with E-state index in [9.17, 15) is 0 Å². The van der Waals surface area contributed by atoms with Crippen molar-refractivity contribution in [2.75, 3.05) is 19.5 Å². The topological polar surface area (TPSA) is 56.3 Å². The lowest BCUT2D eigenvalue weighted by Crippen LogP contribution is -2.10. The van der Waals surface area contributed by atoms with Crippen molar-refractivity contribution in [3.05, 3.63) is 41.3 Å². The molecule has 0 amide bonds. The number of hydrogen-bond acceptors (Lipinski definition) is 5. The van der Waals surface area contributed by atoms with Crippen molar-refractivity contribution in [2.45, 2.75) is 33.2 Å². The van der Waals surface area contributed by atoms with Gasteiger partial charge in [0.05, 0.1) is 20.3 Å². The Morgan fingerprint density at radius 2 is 1.82 bits per heavy atom. The first-order valence-corrected chi connectivity index (χ1v) is 7.40. The van der Waals surface area contributed by atoms with E-state index in [2.05, 4.69) is 29.1 Å². The SMILES string of the molecule is CCc1cc(NC(C)c2ccc(OC)c(OC)c2)nc(C)n1. The summed E-state index contributed by atoms with van der Waals surface area (Å²) in [6.45, 7) is 6.08. The average molecular weight is 301 g/mol. The van der Waals surface area contributed by atoms with Gasteiger partial charge in [-0.3, -0.25) is 0 Å². The standard InChI is InChI=1S/C17H23N3O2/c1-6-14-10-17(20-12(3)19-14)18-11(2)13-7-8-15(21-4)16(9-13)22-5/h7-11H,6H2,1-5H3,(H,18,19,20). The molecule has 22 heavy (non-hydrogen) atoms. The van der Waals surface area contributed by atoms with Crippen LogP contribution in [0, 0.1) is 6.92 Å². The molecule has 0 saturated heterocycles. The molecule has 1 unspecified atom stereocenters. The molecular formula is C17H23N3O2. The number of benzene rings is 1. The summed E-state index contributed by atoms with van der Waals surface area (Å²) in [7, 11) is 3.27. The van der Waals surface area contributed by atoms with E-state index in [1.807, 2.05) is 31.2 Å². The molecule has 0 bridgehead atoms. The third kappa shape index (κ3) is 3.67. The maximum Gasteiger partial charge on any atom is 0.161 e. The number of hydrogen-bond donors (Lipinski definition) is 1. The quantitative estimate of drug-likeness (QED) is 0.884. The molecule has 2 aromatic rings. The second kappa shape index (κ2) is 7.11. The molecule has 0 spiro atoms. The number of nitrogens with zero attached hydrogens (tertiary/aromatic N) is 2. The van der Waals surface area contributed by atoms with Crippen LogP contribution in [0.15, 0.2) is 24.3 Å². The Morgan fingerprint density at radius 1 is 1.09 bits per heavy atom. The Bertz CT molecular complexity index is 644. The summed E-state index contributed by atoms with van der Waals surface area (Å²) in [5, 5.41) is 3.42. The van der Waals surface area contributed by atoms with Crippen LogP contribution in [0.25, 0.3) is 0 Å². The van der Waals surface area contributed by atoms with Gasteiger partial charge in [0, 0.05) is 11.8 Å². The number of rotatable bonds is 6. The Balaban J connectivity index is 2.21. The monoisotopic (exact) mass is 301 g/mol. The van der Waals surface area contributed by atoms with Gasteiger partial charge in [0.15, 0.2) is 11.5 Å². The van der Waals surface area contributed by atoms with E-state index in [4.69, 9.17) is 9.47 Å². The lowest BCUT2D eigenvalue weighted by molar-refractivity contribution is 0.354. The molecule has 0 aliphatic rings. The van der Waals surface area contributed by atoms with Crippen molar-refractivity contribution in [1.29, 1.82) is 0 Å². The van der Waals surface area contributed by atoms with E-state index in [-0.39, 0.29) is 6.04 Å². The summed E-state index contributed by atoms with van der Waals surface area (Å²) in [6, 6.07) is 8.00. The summed E-state index contributed by atoms with van der Waals surface area (Å²) in [6.07, 6.45) is 0.892. The van der Waals surface area contributed by atoms with Gasteiger partial charge in [-0.05, 0) is 38.0 Å². The minimum atomic E-state index is 0.0961. The maximum absolute atomic E-state index is 5.35. The molecule has 0 aliphatic heterocycles. The predicted molar refractivity (Wildman–Crippen MR) is 87.7 cm³/mol. The first-order chi connectivity index (χ1) is 10.6. The number of methoxy groups -OCH3 is 2. The highest BCUT2D eigenvalue weighted by Gasteiger charge is 2.11. The molecule has 5 heteroatoms. The molecule has 0 saturated carbocycles. The van der Waals surface area contributed by atoms with Crippen LogP contribution in [-0.4, -0.2) is 24.2 Å². The Labute approximate surface area is 131 Å². The van der Waals surface area contributed by atoms with Crippen LogP contribution in [0.5, 0.6) is 11.5 Å². The molecule has 1 N–H and O–H groups in total. The smallest absolute Gasteiger partial charge is 0.161 e. The van der Waals surface area contributed by atoms with E-state index in [1.54, 1.807) is 14.2 Å². The summed E-state index contributed by atoms with van der Waals surface area (Å²) in [4.78, 5) is 8.84. The van der Waals surface area contributed by atoms with Gasteiger partial charge in [0.25, 0.3) is 0 Å². The van der Waals surface area contributed by atoms with Gasteiger partial charge in [-0.15, -0.1) is 0 Å². The Kier molecular flexibility index (Phi) is 5.20. The molecule has 1 heterocycles. The molecule has 5 nitrogen and oxygen atoms in total. The third-order valence-corrected chi connectivity index (χ3v) is 3.53. The van der Waals surface area contributed by atoms with Crippen LogP contribution < -0.4 is 14.8 Å². The molecule has 0 fully saturated rings. The van der Waals surface area contributed by atoms with Gasteiger partial charge < -0.3 is 14.8 Å². The van der Waals surface area contributed by atoms with Gasteiger partial charge in [-0.25, -0.2) is 9.97 Å². The average Bonchev–Trinajstić information content (AvgIpc) is 2.53. The highest BCUT2D eigenvalue weighted by molar-refractivity contribution is 5.46. The van der Waals surface area contributed by atoms with E-state index in [1.165, 1.54) is 0 Å². The summed E-state index contributed by atoms with van der Waals surface area (Å²) in [5.41, 5.74) is 2.14. The van der Waals surface area contributed by atoms with Crippen LogP contribution in [0.3, 0.4) is 0 Å². The third-order valence-electron chi connectivity index (χ3n) is 3.53. The molecule has 0 radical (unpaired) electrons. The van der Waals surface area contributed by atoms with E-state index in [0.717, 1.165) is 40.8 Å². The molecule has 1 aromatic heterocycles. The second-order valence-corrected chi connectivity index (χ2v) is 5.13. The number of ether oxygens (including phenoxy) is 2. The van der Waals surface area contributed by atoms with Crippen LogP contribution in [0.1, 0.15) is 37.0 Å². The molecule has 0 aliphatic carbocycles. The van der Waals surface area contributed by atoms with Gasteiger partial charge in [-0.2, -0.15) is 0 Å². The van der Waals surface area contributed by atoms with Gasteiger partial charge in [-0.1, -0.05) is 13.0 Å². The predicted octanol–water partition coefficient (Wildman–Crippen LogP) is 3.54. The maximum atomic E-state index is 5.35. The fourth-order valence-corrected chi connectivity index (χ4v) is 2.31. The normalized spacial score (nSPS) is 11.9. The van der Waals surface area contributed by atoms with Crippen LogP contribution in [0.4, 0.5) is 5.82 Å². The fourth-order valence-electron chi connectivity index (χ4n) is 2.31. The van der Waals surface area contributed by atoms with Gasteiger partial charge in [0.1, 0.15) is 11.6 Å². The number of anilines is 1. The first kappa shape index (κ1) is 16.1. The fraction of sp³-hybridized carbons (Fsp3) is 0.412.